The highest BCUT2D eigenvalue weighted by Gasteiger charge is 2.38. The first-order valence-corrected chi connectivity index (χ1v) is 7.79. The number of hydrogen-bond acceptors (Lipinski definition) is 2. The highest BCUT2D eigenvalue weighted by Crippen LogP contribution is 2.25. The summed E-state index contributed by atoms with van der Waals surface area (Å²) in [6.07, 6.45) is 0. The molecule has 0 saturated heterocycles. The Bertz CT molecular complexity index is 812. The Hall–Kier alpha value is -2.46. The van der Waals surface area contributed by atoms with Gasteiger partial charge in [0.1, 0.15) is 5.71 Å². The molecule has 116 valence electrons. The van der Waals surface area contributed by atoms with Gasteiger partial charge in [0.25, 0.3) is 5.91 Å². The van der Waals surface area contributed by atoms with Gasteiger partial charge in [0, 0.05) is 19.2 Å². The predicted octanol–water partition coefficient (Wildman–Crippen LogP) is 3.18. The molecule has 0 radical (unpaired) electrons. The van der Waals surface area contributed by atoms with Crippen molar-refractivity contribution in [1.29, 1.82) is 0 Å². The van der Waals surface area contributed by atoms with E-state index in [2.05, 4.69) is 10.4 Å². The van der Waals surface area contributed by atoms with Crippen molar-refractivity contribution in [3.8, 4) is 0 Å². The number of alkyl halides is 1. The molecular weight excluding hydrogens is 310 g/mol. The third-order valence-electron chi connectivity index (χ3n) is 3.77. The minimum atomic E-state index is -0.374. The van der Waals surface area contributed by atoms with Crippen molar-refractivity contribution in [1.82, 2.24) is 5.32 Å². The van der Waals surface area contributed by atoms with Crippen molar-refractivity contribution in [3.05, 3.63) is 65.7 Å². The third-order valence-corrected chi connectivity index (χ3v) is 4.29. The van der Waals surface area contributed by atoms with Gasteiger partial charge in [-0.25, -0.2) is 0 Å². The Morgan fingerprint density at radius 1 is 1.13 bits per heavy atom. The summed E-state index contributed by atoms with van der Waals surface area (Å²) >= 11 is 6.59. The number of nitrogens with zero attached hydrogens (tertiary/aromatic N) is 2. The van der Waals surface area contributed by atoms with E-state index in [0.29, 0.717) is 5.56 Å². The minimum absolute atomic E-state index is 0.144. The number of amides is 1. The number of nitrogens with one attached hydrogen (secondary N) is 1. The monoisotopic (exact) mass is 326 g/mol. The molecule has 1 heterocycles. The standard InChI is InChI=1S/C18H16ClN3O/c1-12-16(19)17(22(21-12)13-8-4-3-5-9-13)14-10-6-7-11-15(14)18(23)20-2/h3-11,16H,1-2H3/p+1. The molecule has 23 heavy (non-hydrogen) atoms. The molecule has 4 nitrogen and oxygen atoms in total. The molecule has 2 aromatic carbocycles. The molecule has 0 spiro atoms. The van der Waals surface area contributed by atoms with Gasteiger partial charge in [0.15, 0.2) is 5.38 Å². The number of carbonyl (C=O) groups excluding carboxylic acids is 1. The summed E-state index contributed by atoms with van der Waals surface area (Å²) < 4.78 is 1.81. The van der Waals surface area contributed by atoms with E-state index in [-0.39, 0.29) is 11.3 Å². The highest BCUT2D eigenvalue weighted by atomic mass is 35.5. The number of rotatable bonds is 3. The number of carbonyl (C=O) groups is 1. The summed E-state index contributed by atoms with van der Waals surface area (Å²) in [6.45, 7) is 1.89. The maximum Gasteiger partial charge on any atom is 0.251 e. The topological polar surface area (TPSA) is 44.5 Å². The van der Waals surface area contributed by atoms with Gasteiger partial charge >= 0.3 is 0 Å². The van der Waals surface area contributed by atoms with Crippen LogP contribution in [0.2, 0.25) is 0 Å². The van der Waals surface area contributed by atoms with Crippen molar-refractivity contribution < 1.29 is 9.48 Å². The molecule has 1 N–H and O–H groups in total. The lowest BCUT2D eigenvalue weighted by Crippen LogP contribution is -2.27. The van der Waals surface area contributed by atoms with Gasteiger partial charge in [-0.1, -0.05) is 30.3 Å². The van der Waals surface area contributed by atoms with Gasteiger partial charge in [-0.15, -0.1) is 11.6 Å². The molecule has 5 heteroatoms. The number of para-hydroxylation sites is 1. The van der Waals surface area contributed by atoms with E-state index >= 15 is 0 Å². The van der Waals surface area contributed by atoms with Crippen LogP contribution >= 0.6 is 11.6 Å². The lowest BCUT2D eigenvalue weighted by Gasteiger charge is -2.08. The average Bonchev–Trinajstić information content (AvgIpc) is 2.90. The molecule has 1 amide bonds. The zero-order valence-electron chi connectivity index (χ0n) is 13.0. The van der Waals surface area contributed by atoms with Gasteiger partial charge in [-0.05, 0) is 28.8 Å². The molecule has 0 fully saturated rings. The van der Waals surface area contributed by atoms with Crippen LogP contribution in [-0.4, -0.2) is 34.4 Å². The van der Waals surface area contributed by atoms with E-state index < -0.39 is 0 Å². The zero-order chi connectivity index (χ0) is 16.4. The van der Waals surface area contributed by atoms with Gasteiger partial charge in [-0.3, -0.25) is 4.79 Å². The fourth-order valence-corrected chi connectivity index (χ4v) is 2.88. The Morgan fingerprint density at radius 2 is 1.78 bits per heavy atom. The molecule has 1 aliphatic rings. The molecule has 1 aliphatic heterocycles. The van der Waals surface area contributed by atoms with E-state index in [1.165, 1.54) is 0 Å². The quantitative estimate of drug-likeness (QED) is 0.683. The van der Waals surface area contributed by atoms with Crippen LogP contribution in [0.15, 0.2) is 59.7 Å². The van der Waals surface area contributed by atoms with Crippen molar-refractivity contribution in [2.24, 2.45) is 5.10 Å². The second kappa shape index (κ2) is 6.34. The summed E-state index contributed by atoms with van der Waals surface area (Å²) in [5, 5.41) is 6.87. The van der Waals surface area contributed by atoms with Crippen LogP contribution in [0.1, 0.15) is 22.8 Å². The van der Waals surface area contributed by atoms with E-state index in [1.54, 1.807) is 13.1 Å². The van der Waals surface area contributed by atoms with Gasteiger partial charge in [0.2, 0.25) is 11.4 Å². The number of hydrogen-bond donors (Lipinski definition) is 1. The van der Waals surface area contributed by atoms with E-state index in [1.807, 2.05) is 60.1 Å². The SMILES string of the molecule is CNC(=O)c1ccccc1C1=[N+](c2ccccc2)N=C(C)C1Cl. The van der Waals surface area contributed by atoms with Crippen molar-refractivity contribution in [2.45, 2.75) is 12.3 Å². The van der Waals surface area contributed by atoms with Crippen LogP contribution in [0.4, 0.5) is 5.69 Å². The van der Waals surface area contributed by atoms with E-state index in [0.717, 1.165) is 22.7 Å². The number of halogens is 1. The zero-order valence-corrected chi connectivity index (χ0v) is 13.7. The second-order valence-electron chi connectivity index (χ2n) is 5.26. The minimum Gasteiger partial charge on any atom is -0.355 e. The van der Waals surface area contributed by atoms with Crippen LogP contribution < -0.4 is 5.32 Å². The summed E-state index contributed by atoms with van der Waals surface area (Å²) in [4.78, 5) is 12.2. The summed E-state index contributed by atoms with van der Waals surface area (Å²) in [7, 11) is 1.62. The normalized spacial score (nSPS) is 17.2. The Balaban J connectivity index is 2.23. The lowest BCUT2D eigenvalue weighted by molar-refractivity contribution is -0.441. The average molecular weight is 327 g/mol. The maximum absolute atomic E-state index is 12.2. The largest absolute Gasteiger partial charge is 0.355 e. The smallest absolute Gasteiger partial charge is 0.251 e. The molecule has 0 saturated carbocycles. The van der Waals surface area contributed by atoms with Crippen molar-refractivity contribution in [2.75, 3.05) is 7.05 Å². The Kier molecular flexibility index (Phi) is 4.26. The van der Waals surface area contributed by atoms with Crippen molar-refractivity contribution >= 4 is 34.6 Å². The van der Waals surface area contributed by atoms with E-state index in [9.17, 15) is 4.79 Å². The Morgan fingerprint density at radius 3 is 2.48 bits per heavy atom. The first-order chi connectivity index (χ1) is 11.1. The molecular formula is C18H17ClN3O+. The van der Waals surface area contributed by atoms with Gasteiger partial charge in [0.05, 0.1) is 11.1 Å². The van der Waals surface area contributed by atoms with Crippen LogP contribution in [0.3, 0.4) is 0 Å². The second-order valence-corrected chi connectivity index (χ2v) is 5.70. The molecule has 3 rings (SSSR count). The molecule has 0 aliphatic carbocycles. The first-order valence-electron chi connectivity index (χ1n) is 7.36. The van der Waals surface area contributed by atoms with Gasteiger partial charge < -0.3 is 5.32 Å². The fourth-order valence-electron chi connectivity index (χ4n) is 2.62. The fraction of sp³-hybridized carbons (Fsp3) is 0.167. The molecule has 1 unspecified atom stereocenters. The highest BCUT2D eigenvalue weighted by molar-refractivity contribution is 6.46. The van der Waals surface area contributed by atoms with Gasteiger partial charge in [-0.2, -0.15) is 0 Å². The molecule has 0 bridgehead atoms. The van der Waals surface area contributed by atoms with Crippen LogP contribution in [0.25, 0.3) is 0 Å². The van der Waals surface area contributed by atoms with Crippen molar-refractivity contribution in [3.63, 3.8) is 0 Å². The maximum atomic E-state index is 12.2. The van der Waals surface area contributed by atoms with E-state index in [4.69, 9.17) is 11.6 Å². The molecule has 2 aromatic rings. The summed E-state index contributed by atoms with van der Waals surface area (Å²) in [5.74, 6) is -0.144. The molecule has 0 aromatic heterocycles. The predicted molar refractivity (Wildman–Crippen MR) is 93.1 cm³/mol. The van der Waals surface area contributed by atoms with Crippen LogP contribution in [-0.2, 0) is 0 Å². The lowest BCUT2D eigenvalue weighted by atomic mass is 9.98. The van der Waals surface area contributed by atoms with Crippen LogP contribution in [0, 0.1) is 0 Å². The number of benzene rings is 2. The van der Waals surface area contributed by atoms with Crippen LogP contribution in [0.5, 0.6) is 0 Å². The first kappa shape index (κ1) is 15.4. The molecule has 1 atom stereocenters. The summed E-state index contributed by atoms with van der Waals surface area (Å²) in [5.41, 5.74) is 3.89. The third kappa shape index (κ3) is 2.78. The number of hydrazone groups is 1. The summed E-state index contributed by atoms with van der Waals surface area (Å²) in [6, 6.07) is 17.2. The Labute approximate surface area is 140 Å².